The summed E-state index contributed by atoms with van der Waals surface area (Å²) in [7, 11) is 2.09. The minimum absolute atomic E-state index is 0.104. The summed E-state index contributed by atoms with van der Waals surface area (Å²) in [5.74, 6) is 0.788. The zero-order valence-corrected chi connectivity index (χ0v) is 16.2. The van der Waals surface area contributed by atoms with E-state index in [0.29, 0.717) is 5.82 Å². The summed E-state index contributed by atoms with van der Waals surface area (Å²) in [6.45, 7) is 3.36. The Kier molecular flexibility index (Phi) is 4.37. The fourth-order valence-corrected chi connectivity index (χ4v) is 3.80. The van der Waals surface area contributed by atoms with Crippen molar-refractivity contribution in [3.63, 3.8) is 0 Å². The van der Waals surface area contributed by atoms with E-state index in [1.165, 1.54) is 0 Å². The van der Waals surface area contributed by atoms with Crippen LogP contribution in [0.4, 0.5) is 11.5 Å². The second-order valence-corrected chi connectivity index (χ2v) is 7.43. The molecule has 2 aromatic carbocycles. The second kappa shape index (κ2) is 7.18. The summed E-state index contributed by atoms with van der Waals surface area (Å²) >= 11 is 0. The highest BCUT2D eigenvalue weighted by molar-refractivity contribution is 6.07. The SMILES string of the molecule is CN1CCN(C(=O)c2cccc3cc(Nc4n[nH]c5cccnc45)ccc23)CC1. The molecule has 1 saturated heterocycles. The predicted molar refractivity (Wildman–Crippen MR) is 115 cm³/mol. The van der Waals surface area contributed by atoms with Gasteiger partial charge in [0.2, 0.25) is 0 Å². The van der Waals surface area contributed by atoms with Crippen LogP contribution >= 0.6 is 0 Å². The number of hydrogen-bond acceptors (Lipinski definition) is 5. The van der Waals surface area contributed by atoms with Gasteiger partial charge in [-0.15, -0.1) is 0 Å². The van der Waals surface area contributed by atoms with E-state index in [-0.39, 0.29) is 5.91 Å². The molecule has 1 aliphatic rings. The molecule has 3 heterocycles. The molecule has 4 aromatic rings. The lowest BCUT2D eigenvalue weighted by Crippen LogP contribution is -2.47. The third kappa shape index (κ3) is 3.30. The smallest absolute Gasteiger partial charge is 0.254 e. The minimum atomic E-state index is 0.104. The number of fused-ring (bicyclic) bond motifs is 2. The zero-order chi connectivity index (χ0) is 19.8. The monoisotopic (exact) mass is 386 g/mol. The van der Waals surface area contributed by atoms with Crippen LogP contribution in [0.3, 0.4) is 0 Å². The van der Waals surface area contributed by atoms with Gasteiger partial charge in [-0.3, -0.25) is 14.9 Å². The van der Waals surface area contributed by atoms with E-state index in [4.69, 9.17) is 0 Å². The lowest BCUT2D eigenvalue weighted by molar-refractivity contribution is 0.0666. The van der Waals surface area contributed by atoms with E-state index in [9.17, 15) is 4.79 Å². The van der Waals surface area contributed by atoms with E-state index >= 15 is 0 Å². The summed E-state index contributed by atoms with van der Waals surface area (Å²) in [6, 6.07) is 15.7. The highest BCUT2D eigenvalue weighted by Crippen LogP contribution is 2.27. The molecule has 1 aliphatic heterocycles. The maximum absolute atomic E-state index is 13.1. The van der Waals surface area contributed by atoms with E-state index < -0.39 is 0 Å². The average molecular weight is 386 g/mol. The first-order valence-corrected chi connectivity index (χ1v) is 9.76. The van der Waals surface area contributed by atoms with Crippen LogP contribution in [0.15, 0.2) is 54.7 Å². The van der Waals surface area contributed by atoms with Gasteiger partial charge < -0.3 is 15.1 Å². The molecule has 1 amide bonds. The molecule has 0 radical (unpaired) electrons. The molecule has 0 bridgehead atoms. The van der Waals surface area contributed by atoms with Gasteiger partial charge in [-0.1, -0.05) is 18.2 Å². The molecule has 0 saturated carbocycles. The largest absolute Gasteiger partial charge is 0.337 e. The first kappa shape index (κ1) is 17.6. The predicted octanol–water partition coefficient (Wildman–Crippen LogP) is 3.24. The number of H-pyrrole nitrogens is 1. The third-order valence-corrected chi connectivity index (χ3v) is 5.48. The molecule has 146 valence electrons. The Hall–Kier alpha value is -3.45. The van der Waals surface area contributed by atoms with E-state index in [1.54, 1.807) is 6.20 Å². The van der Waals surface area contributed by atoms with Gasteiger partial charge in [-0.2, -0.15) is 5.10 Å². The maximum atomic E-state index is 13.1. The number of anilines is 2. The van der Waals surface area contributed by atoms with E-state index in [2.05, 4.69) is 32.4 Å². The number of benzene rings is 2. The molecule has 0 atom stereocenters. The van der Waals surface area contributed by atoms with Crippen molar-refractivity contribution in [2.75, 3.05) is 38.5 Å². The number of carbonyl (C=O) groups excluding carboxylic acids is 1. The summed E-state index contributed by atoms with van der Waals surface area (Å²) in [5.41, 5.74) is 3.34. The molecular weight excluding hydrogens is 364 g/mol. The van der Waals surface area contributed by atoms with Crippen molar-refractivity contribution < 1.29 is 4.79 Å². The Labute approximate surface area is 168 Å². The number of hydrogen-bond donors (Lipinski definition) is 2. The van der Waals surface area contributed by atoms with Crippen molar-refractivity contribution in [1.29, 1.82) is 0 Å². The van der Waals surface area contributed by atoms with Gasteiger partial charge in [0.05, 0.1) is 5.52 Å². The molecule has 2 N–H and O–H groups in total. The minimum Gasteiger partial charge on any atom is -0.337 e. The Bertz CT molecular complexity index is 1190. The number of rotatable bonds is 3. The molecule has 29 heavy (non-hydrogen) atoms. The highest BCUT2D eigenvalue weighted by Gasteiger charge is 2.21. The number of carbonyl (C=O) groups is 1. The molecule has 1 fully saturated rings. The first-order valence-electron chi connectivity index (χ1n) is 9.76. The number of likely N-dealkylation sites (N-methyl/N-ethyl adjacent to an activating group) is 1. The molecular formula is C22H22N6O. The van der Waals surface area contributed by atoms with Gasteiger partial charge in [0.25, 0.3) is 5.91 Å². The standard InChI is InChI=1S/C22H22N6O/c1-27-10-12-28(13-11-27)22(29)18-5-2-4-15-14-16(7-8-17(15)18)24-21-20-19(25-26-21)6-3-9-23-20/h2-9,14H,10-13H2,1H3,(H2,24,25,26). The molecule has 5 rings (SSSR count). The lowest BCUT2D eigenvalue weighted by Gasteiger charge is -2.32. The highest BCUT2D eigenvalue weighted by atomic mass is 16.2. The van der Waals surface area contributed by atoms with Gasteiger partial charge in [0.15, 0.2) is 5.82 Å². The topological polar surface area (TPSA) is 77.1 Å². The normalized spacial score (nSPS) is 15.1. The van der Waals surface area contributed by atoms with Crippen LogP contribution in [-0.4, -0.2) is 64.1 Å². The first-order chi connectivity index (χ1) is 14.2. The number of pyridine rings is 1. The second-order valence-electron chi connectivity index (χ2n) is 7.43. The van der Waals surface area contributed by atoms with Gasteiger partial charge in [0, 0.05) is 43.6 Å². The van der Waals surface area contributed by atoms with Crippen LogP contribution < -0.4 is 5.32 Å². The zero-order valence-electron chi connectivity index (χ0n) is 16.2. The molecule has 0 spiro atoms. The molecule has 7 nitrogen and oxygen atoms in total. The van der Waals surface area contributed by atoms with Crippen molar-refractivity contribution in [3.05, 3.63) is 60.3 Å². The van der Waals surface area contributed by atoms with E-state index in [0.717, 1.165) is 59.2 Å². The Morgan fingerprint density at radius 1 is 1.07 bits per heavy atom. The van der Waals surface area contributed by atoms with Crippen LogP contribution in [-0.2, 0) is 0 Å². The van der Waals surface area contributed by atoms with E-state index in [1.807, 2.05) is 53.4 Å². The van der Waals surface area contributed by atoms with Crippen LogP contribution in [0.25, 0.3) is 21.8 Å². The fraction of sp³-hybridized carbons (Fsp3) is 0.227. The van der Waals surface area contributed by atoms with Crippen molar-refractivity contribution in [2.45, 2.75) is 0 Å². The van der Waals surface area contributed by atoms with Gasteiger partial charge >= 0.3 is 0 Å². The van der Waals surface area contributed by atoms with Crippen LogP contribution in [0.1, 0.15) is 10.4 Å². The van der Waals surface area contributed by atoms with Crippen LogP contribution in [0.2, 0.25) is 0 Å². The number of nitrogens with one attached hydrogen (secondary N) is 2. The molecule has 0 unspecified atom stereocenters. The quantitative estimate of drug-likeness (QED) is 0.565. The summed E-state index contributed by atoms with van der Waals surface area (Å²) in [5, 5.41) is 12.6. The number of amides is 1. The molecule has 2 aromatic heterocycles. The summed E-state index contributed by atoms with van der Waals surface area (Å²) in [4.78, 5) is 21.7. The Morgan fingerprint density at radius 3 is 2.79 bits per heavy atom. The summed E-state index contributed by atoms with van der Waals surface area (Å²) in [6.07, 6.45) is 1.75. The van der Waals surface area contributed by atoms with Gasteiger partial charge in [0.1, 0.15) is 5.52 Å². The van der Waals surface area contributed by atoms with Crippen molar-refractivity contribution in [2.24, 2.45) is 0 Å². The molecule has 0 aliphatic carbocycles. The fourth-order valence-electron chi connectivity index (χ4n) is 3.80. The third-order valence-electron chi connectivity index (χ3n) is 5.48. The maximum Gasteiger partial charge on any atom is 0.254 e. The Balaban J connectivity index is 1.45. The van der Waals surface area contributed by atoms with Crippen LogP contribution in [0, 0.1) is 0 Å². The van der Waals surface area contributed by atoms with Crippen molar-refractivity contribution in [3.8, 4) is 0 Å². The van der Waals surface area contributed by atoms with Gasteiger partial charge in [-0.25, -0.2) is 0 Å². The number of aromatic nitrogens is 3. The van der Waals surface area contributed by atoms with Gasteiger partial charge in [-0.05, 0) is 48.2 Å². The number of piperazine rings is 1. The average Bonchev–Trinajstić information content (AvgIpc) is 3.16. The summed E-state index contributed by atoms with van der Waals surface area (Å²) < 4.78 is 0. The van der Waals surface area contributed by atoms with Crippen molar-refractivity contribution >= 4 is 39.2 Å². The van der Waals surface area contributed by atoms with Crippen LogP contribution in [0.5, 0.6) is 0 Å². The Morgan fingerprint density at radius 2 is 1.93 bits per heavy atom. The number of nitrogens with zero attached hydrogens (tertiary/aromatic N) is 4. The molecule has 7 heteroatoms. The number of aromatic amines is 1. The van der Waals surface area contributed by atoms with Crippen molar-refractivity contribution in [1.82, 2.24) is 25.0 Å². The lowest BCUT2D eigenvalue weighted by atomic mass is 10.0.